The monoisotopic (exact) mass is 327 g/mol. The van der Waals surface area contributed by atoms with Crippen LogP contribution in [-0.4, -0.2) is 14.4 Å². The van der Waals surface area contributed by atoms with Crippen molar-refractivity contribution in [3.63, 3.8) is 0 Å². The first-order valence-electron chi connectivity index (χ1n) is 7.34. The molecule has 24 heavy (non-hydrogen) atoms. The molecule has 0 aliphatic rings. The van der Waals surface area contributed by atoms with Crippen LogP contribution in [0.25, 0.3) is 27.7 Å². The molecule has 6 heteroatoms. The average Bonchev–Trinajstić information content (AvgIpc) is 2.91. The largest absolute Gasteiger partial charge is 0.295 e. The van der Waals surface area contributed by atoms with Gasteiger partial charge in [0.15, 0.2) is 0 Å². The zero-order valence-corrected chi connectivity index (χ0v) is 12.9. The van der Waals surface area contributed by atoms with Crippen molar-refractivity contribution in [2.45, 2.75) is 13.8 Å². The van der Waals surface area contributed by atoms with Crippen molar-refractivity contribution in [1.29, 1.82) is 0 Å². The maximum Gasteiger partial charge on any atom is 0.134 e. The second kappa shape index (κ2) is 5.06. The van der Waals surface area contributed by atoms with Gasteiger partial charge >= 0.3 is 0 Å². The highest BCUT2D eigenvalue weighted by Crippen LogP contribution is 2.32. The molecule has 0 aliphatic carbocycles. The van der Waals surface area contributed by atoms with Gasteiger partial charge in [-0.1, -0.05) is 0 Å². The molecule has 0 unspecified atom stereocenters. The Morgan fingerprint density at radius 1 is 0.875 bits per heavy atom. The Balaban J connectivity index is 2.17. The van der Waals surface area contributed by atoms with E-state index in [0.717, 1.165) is 23.3 Å². The zero-order valence-electron chi connectivity index (χ0n) is 12.9. The SMILES string of the molecule is Cc1ncn2c1c(C)nc1c(-c3ccc(F)cc3F)cc(F)cc12. The molecule has 0 fully saturated rings. The summed E-state index contributed by atoms with van der Waals surface area (Å²) in [5.41, 5.74) is 3.56. The summed E-state index contributed by atoms with van der Waals surface area (Å²) in [7, 11) is 0. The number of aromatic nitrogens is 3. The molecule has 0 amide bonds. The fraction of sp³-hybridized carbons (Fsp3) is 0.111. The number of aryl methyl sites for hydroxylation is 2. The smallest absolute Gasteiger partial charge is 0.134 e. The van der Waals surface area contributed by atoms with Gasteiger partial charge in [0.1, 0.15) is 23.8 Å². The van der Waals surface area contributed by atoms with Crippen molar-refractivity contribution in [2.24, 2.45) is 0 Å². The minimum atomic E-state index is -0.761. The summed E-state index contributed by atoms with van der Waals surface area (Å²) in [6, 6.07) is 5.75. The lowest BCUT2D eigenvalue weighted by Crippen LogP contribution is -1.99. The fourth-order valence-corrected chi connectivity index (χ4v) is 3.08. The van der Waals surface area contributed by atoms with E-state index in [1.807, 2.05) is 13.8 Å². The Labute approximate surface area is 135 Å². The molecule has 2 aromatic carbocycles. The van der Waals surface area contributed by atoms with E-state index in [9.17, 15) is 13.2 Å². The second-order valence-electron chi connectivity index (χ2n) is 5.69. The standard InChI is InChI=1S/C18H12F3N3/c1-9-18-10(2)23-17-14(13-4-3-11(19)6-15(13)21)5-12(20)7-16(17)24(18)8-22-9/h3-8H,1-2H3. The number of hydrogen-bond acceptors (Lipinski definition) is 2. The maximum absolute atomic E-state index is 14.2. The van der Waals surface area contributed by atoms with E-state index in [4.69, 9.17) is 0 Å². The molecule has 0 radical (unpaired) electrons. The summed E-state index contributed by atoms with van der Waals surface area (Å²) in [5.74, 6) is -1.98. The molecule has 0 N–H and O–H groups in total. The van der Waals surface area contributed by atoms with E-state index in [-0.39, 0.29) is 11.1 Å². The van der Waals surface area contributed by atoms with Crippen molar-refractivity contribution in [3.8, 4) is 11.1 Å². The van der Waals surface area contributed by atoms with Gasteiger partial charge in [-0.3, -0.25) is 4.40 Å². The summed E-state index contributed by atoms with van der Waals surface area (Å²) in [6.45, 7) is 3.66. The Kier molecular flexibility index (Phi) is 3.09. The lowest BCUT2D eigenvalue weighted by molar-refractivity contribution is 0.585. The molecule has 4 aromatic rings. The number of fused-ring (bicyclic) bond motifs is 3. The number of rotatable bonds is 1. The van der Waals surface area contributed by atoms with E-state index in [1.165, 1.54) is 18.2 Å². The fourth-order valence-electron chi connectivity index (χ4n) is 3.08. The summed E-state index contributed by atoms with van der Waals surface area (Å²) in [4.78, 5) is 8.77. The van der Waals surface area contributed by atoms with Gasteiger partial charge in [0, 0.05) is 23.3 Å². The molecule has 0 spiro atoms. The van der Waals surface area contributed by atoms with Crippen LogP contribution in [0.15, 0.2) is 36.7 Å². The number of benzene rings is 2. The lowest BCUT2D eigenvalue weighted by Gasteiger charge is -2.11. The normalized spacial score (nSPS) is 11.5. The summed E-state index contributed by atoms with van der Waals surface area (Å²) in [5, 5.41) is 0. The summed E-state index contributed by atoms with van der Waals surface area (Å²) in [6.07, 6.45) is 1.59. The average molecular weight is 327 g/mol. The molecule has 3 nitrogen and oxygen atoms in total. The van der Waals surface area contributed by atoms with Crippen LogP contribution >= 0.6 is 0 Å². The van der Waals surface area contributed by atoms with Crippen LogP contribution in [0, 0.1) is 31.3 Å². The lowest BCUT2D eigenvalue weighted by atomic mass is 10.0. The predicted molar refractivity (Wildman–Crippen MR) is 85.3 cm³/mol. The van der Waals surface area contributed by atoms with Gasteiger partial charge in [0.25, 0.3) is 0 Å². The summed E-state index contributed by atoms with van der Waals surface area (Å²) < 4.78 is 43.3. The van der Waals surface area contributed by atoms with Gasteiger partial charge in [-0.25, -0.2) is 23.1 Å². The third-order valence-corrected chi connectivity index (χ3v) is 4.11. The number of imidazole rings is 1. The third kappa shape index (κ3) is 2.06. The van der Waals surface area contributed by atoms with Crippen LogP contribution in [0.4, 0.5) is 13.2 Å². The molecule has 120 valence electrons. The highest BCUT2D eigenvalue weighted by molar-refractivity contribution is 5.94. The third-order valence-electron chi connectivity index (χ3n) is 4.11. The minimum Gasteiger partial charge on any atom is -0.295 e. The molecular weight excluding hydrogens is 315 g/mol. The highest BCUT2D eigenvalue weighted by Gasteiger charge is 2.17. The van der Waals surface area contributed by atoms with Gasteiger partial charge < -0.3 is 0 Å². The van der Waals surface area contributed by atoms with Gasteiger partial charge in [-0.2, -0.15) is 0 Å². The van der Waals surface area contributed by atoms with E-state index >= 15 is 0 Å². The first-order valence-corrected chi connectivity index (χ1v) is 7.34. The Bertz CT molecular complexity index is 1120. The molecule has 0 bridgehead atoms. The molecule has 2 heterocycles. The highest BCUT2D eigenvalue weighted by atomic mass is 19.1. The Hall–Kier alpha value is -2.89. The van der Waals surface area contributed by atoms with Crippen LogP contribution < -0.4 is 0 Å². The van der Waals surface area contributed by atoms with Gasteiger partial charge in [0.2, 0.25) is 0 Å². The molecule has 4 rings (SSSR count). The topological polar surface area (TPSA) is 30.2 Å². The minimum absolute atomic E-state index is 0.101. The van der Waals surface area contributed by atoms with Crippen LogP contribution in [0.2, 0.25) is 0 Å². The van der Waals surface area contributed by atoms with Crippen LogP contribution in [0.3, 0.4) is 0 Å². The maximum atomic E-state index is 14.2. The Morgan fingerprint density at radius 2 is 1.67 bits per heavy atom. The van der Waals surface area contributed by atoms with Crippen molar-refractivity contribution >= 4 is 16.6 Å². The molecule has 0 aliphatic heterocycles. The van der Waals surface area contributed by atoms with E-state index in [2.05, 4.69) is 9.97 Å². The van der Waals surface area contributed by atoms with Crippen molar-refractivity contribution in [3.05, 3.63) is 65.5 Å². The van der Waals surface area contributed by atoms with E-state index < -0.39 is 17.5 Å². The van der Waals surface area contributed by atoms with E-state index in [1.54, 1.807) is 10.7 Å². The predicted octanol–water partition coefficient (Wildman–Crippen LogP) is 4.58. The van der Waals surface area contributed by atoms with Gasteiger partial charge in [-0.15, -0.1) is 0 Å². The molecule has 0 atom stereocenters. The quantitative estimate of drug-likeness (QED) is 0.512. The number of nitrogens with zero attached hydrogens (tertiary/aromatic N) is 3. The first kappa shape index (κ1) is 14.7. The number of hydrogen-bond donors (Lipinski definition) is 0. The molecular formula is C18H12F3N3. The summed E-state index contributed by atoms with van der Waals surface area (Å²) >= 11 is 0. The van der Waals surface area contributed by atoms with Gasteiger partial charge in [0.05, 0.1) is 27.9 Å². The molecule has 0 saturated carbocycles. The van der Waals surface area contributed by atoms with Gasteiger partial charge in [-0.05, 0) is 32.0 Å². The Morgan fingerprint density at radius 3 is 2.42 bits per heavy atom. The van der Waals surface area contributed by atoms with Crippen LogP contribution in [-0.2, 0) is 0 Å². The van der Waals surface area contributed by atoms with E-state index in [0.29, 0.717) is 16.7 Å². The zero-order chi connectivity index (χ0) is 17.0. The van der Waals surface area contributed by atoms with Crippen LogP contribution in [0.5, 0.6) is 0 Å². The molecule has 2 aromatic heterocycles. The first-order chi connectivity index (χ1) is 11.5. The van der Waals surface area contributed by atoms with Crippen molar-refractivity contribution in [1.82, 2.24) is 14.4 Å². The second-order valence-corrected chi connectivity index (χ2v) is 5.69. The molecule has 0 saturated heterocycles. The number of halogens is 3. The van der Waals surface area contributed by atoms with Crippen molar-refractivity contribution < 1.29 is 13.2 Å². The van der Waals surface area contributed by atoms with Crippen molar-refractivity contribution in [2.75, 3.05) is 0 Å². The van der Waals surface area contributed by atoms with Crippen LogP contribution in [0.1, 0.15) is 11.4 Å².